The van der Waals surface area contributed by atoms with Crippen molar-refractivity contribution < 1.29 is 23.4 Å². The molecule has 3 heterocycles. The van der Waals surface area contributed by atoms with E-state index in [0.29, 0.717) is 55.5 Å². The third-order valence-corrected chi connectivity index (χ3v) is 30.8. The summed E-state index contributed by atoms with van der Waals surface area (Å²) in [5.41, 5.74) is 21.0. The van der Waals surface area contributed by atoms with Gasteiger partial charge in [-0.2, -0.15) is 0 Å². The number of benzene rings is 15. The number of hydrogen-bond donors (Lipinski definition) is 0. The molecule has 4 atom stereocenters. The van der Waals surface area contributed by atoms with Gasteiger partial charge in [-0.25, -0.2) is 9.21 Å². The van der Waals surface area contributed by atoms with Gasteiger partial charge in [-0.1, -0.05) is 298 Å². The molecule has 0 bridgehead atoms. The molecule has 132 heavy (non-hydrogen) atoms. The average Bonchev–Trinajstić information content (AvgIpc) is 0.696. The standard InChI is InChI=1S/C123H141N4O5/c1-13-25-35-81(17-5)63-86-39-31-45-98-110(86)72-111-87(64-82(18-6)36-26-14-2)40-32-46-99(111)114(98)79-130-96-67-85(68-97(71-96)131-80-115-100-47-33-41-88(65-83(19-7)37-27-15-3)112(100)73-113-89(42-34-48-101(113)115)66-84(20-8)38-28-16-4)74-125-77-92-51-57-105-103-55-49-90-75-124(76-91-50-56-104(121(103)118(90)91)106-58-52-93(78-125)119(92)122(105)106)61-62-129-123(128)107-44-30-29-43-102(107)120-108-59-53-94(126(21-9)22-10)69-116(108)132-117-70-95(54-60-109(117)120)127(23-11)24-12/h29-34,39-60,67-73,81-84H,13-28,35-38,61-66,74-80H2,1-12H3/q+1. The average molecular weight is 1760 g/mol. The first kappa shape index (κ1) is 91.4. The van der Waals surface area contributed by atoms with Gasteiger partial charge in [0.05, 0.1) is 28.5 Å². The SMILES string of the molecule is CCCCC(CC)Cc1cccc2c(COc3cc(CN4Cc5ccc6c7ccc8c9c(ccc(c%10ccc(c5c6%10)C4)c97)CN(CCOC(=O)c4ccccc4-c4c5ccc(N(CC)CC)cc5[o+]c5cc(N(CC)CC)ccc45)C8)cc(OCc4c5cccc(CC(CC)CCCC)c5cc5c(CC(CC)CCCC)cccc45)c3)c3cccc(CC(CC)CCCC)c3cc12. The maximum atomic E-state index is 14.7. The van der Waals surface area contributed by atoms with E-state index in [1.165, 1.54) is 250 Å². The van der Waals surface area contributed by atoms with Crippen molar-refractivity contribution in [2.45, 2.75) is 257 Å². The number of unbranched alkanes of at least 4 members (excludes halogenated alkanes) is 4. The van der Waals surface area contributed by atoms with Gasteiger partial charge >= 0.3 is 17.1 Å². The first-order chi connectivity index (χ1) is 64.8. The lowest BCUT2D eigenvalue weighted by atomic mass is 9.83. The molecule has 682 valence electrons. The van der Waals surface area contributed by atoms with E-state index in [4.69, 9.17) is 18.6 Å². The number of hydrogen-bond acceptors (Lipinski definition) is 8. The zero-order valence-corrected chi connectivity index (χ0v) is 81.2. The van der Waals surface area contributed by atoms with Crippen LogP contribution in [0.3, 0.4) is 0 Å². The first-order valence-corrected chi connectivity index (χ1v) is 51.3. The minimum Gasteiger partial charge on any atom is -0.489 e. The zero-order chi connectivity index (χ0) is 91.0. The summed E-state index contributed by atoms with van der Waals surface area (Å²) in [5, 5.41) is 23.4. The Kier molecular flexibility index (Phi) is 28.8. The molecule has 0 fully saturated rings. The number of carbonyl (C=O) groups excluding carboxylic acids is 1. The summed E-state index contributed by atoms with van der Waals surface area (Å²) in [7, 11) is 0. The molecule has 0 N–H and O–H groups in total. The fourth-order valence-corrected chi connectivity index (χ4v) is 23.3. The van der Waals surface area contributed by atoms with E-state index in [1.807, 2.05) is 18.2 Å². The molecule has 0 aliphatic carbocycles. The number of fused-ring (bicyclic) bond motifs is 8. The summed E-state index contributed by atoms with van der Waals surface area (Å²) in [5.74, 6) is 3.88. The monoisotopic (exact) mass is 1750 g/mol. The molecule has 0 spiro atoms. The molecule has 2 aliphatic heterocycles. The molecule has 15 aromatic carbocycles. The van der Waals surface area contributed by atoms with Gasteiger partial charge in [0.15, 0.2) is 0 Å². The molecule has 16 aromatic rings. The molecule has 9 heteroatoms. The van der Waals surface area contributed by atoms with Crippen LogP contribution in [0.4, 0.5) is 11.4 Å². The molecule has 18 rings (SSSR count). The van der Waals surface area contributed by atoms with Gasteiger partial charge in [0.1, 0.15) is 31.3 Å². The second-order valence-corrected chi connectivity index (χ2v) is 38.9. The van der Waals surface area contributed by atoms with Crippen molar-refractivity contribution in [3.63, 3.8) is 0 Å². The molecule has 9 nitrogen and oxygen atoms in total. The van der Waals surface area contributed by atoms with Gasteiger partial charge in [-0.15, -0.1) is 0 Å². The highest BCUT2D eigenvalue weighted by Gasteiger charge is 2.32. The number of anilines is 2. The van der Waals surface area contributed by atoms with Crippen LogP contribution in [0, 0.1) is 23.7 Å². The van der Waals surface area contributed by atoms with E-state index in [9.17, 15) is 4.79 Å². The Morgan fingerprint density at radius 1 is 0.356 bits per heavy atom. The van der Waals surface area contributed by atoms with E-state index < -0.39 is 0 Å². The van der Waals surface area contributed by atoms with E-state index in [1.54, 1.807) is 0 Å². The van der Waals surface area contributed by atoms with Crippen molar-refractivity contribution in [1.29, 1.82) is 0 Å². The van der Waals surface area contributed by atoms with Crippen molar-refractivity contribution in [3.8, 4) is 22.6 Å². The van der Waals surface area contributed by atoms with Crippen LogP contribution in [0.2, 0.25) is 0 Å². The minimum absolute atomic E-state index is 0.259. The summed E-state index contributed by atoms with van der Waals surface area (Å²) in [6, 6.07) is 80.9. The highest BCUT2D eigenvalue weighted by atomic mass is 16.5. The van der Waals surface area contributed by atoms with Crippen molar-refractivity contribution in [2.75, 3.05) is 49.1 Å². The van der Waals surface area contributed by atoms with Gasteiger partial charge < -0.3 is 24.0 Å². The molecule has 0 saturated carbocycles. The van der Waals surface area contributed by atoms with Gasteiger partial charge in [0.25, 0.3) is 0 Å². The Hall–Kier alpha value is -11.1. The summed E-state index contributed by atoms with van der Waals surface area (Å²) in [6.07, 6.45) is 24.0. The third-order valence-electron chi connectivity index (χ3n) is 30.8. The van der Waals surface area contributed by atoms with Crippen LogP contribution in [-0.2, 0) is 76.4 Å². The molecular formula is C123H141N4O5+. The van der Waals surface area contributed by atoms with Crippen LogP contribution in [0.5, 0.6) is 11.5 Å². The predicted octanol–water partition coefficient (Wildman–Crippen LogP) is 32.8. The number of nitrogens with zero attached hydrogens (tertiary/aromatic N) is 4. The van der Waals surface area contributed by atoms with Gasteiger partial charge in [0.2, 0.25) is 0 Å². The lowest BCUT2D eigenvalue weighted by Gasteiger charge is -2.32. The van der Waals surface area contributed by atoms with Gasteiger partial charge in [0, 0.05) is 99.6 Å². The molecule has 4 unspecified atom stereocenters. The largest absolute Gasteiger partial charge is 0.489 e. The number of ether oxygens (including phenoxy) is 3. The summed E-state index contributed by atoms with van der Waals surface area (Å²) in [6.45, 7) is 36.8. The van der Waals surface area contributed by atoms with Crippen molar-refractivity contribution in [3.05, 3.63) is 279 Å². The third kappa shape index (κ3) is 18.6. The van der Waals surface area contributed by atoms with Gasteiger partial charge in [-0.3, -0.25) is 9.80 Å². The lowest BCUT2D eigenvalue weighted by Crippen LogP contribution is -2.30. The Balaban J connectivity index is 0.654. The molecule has 1 aromatic heterocycles. The number of esters is 1. The van der Waals surface area contributed by atoms with Crippen LogP contribution in [-0.4, -0.2) is 55.1 Å². The van der Waals surface area contributed by atoms with Crippen LogP contribution < -0.4 is 19.3 Å². The Morgan fingerprint density at radius 2 is 0.720 bits per heavy atom. The highest BCUT2D eigenvalue weighted by Crippen LogP contribution is 2.49. The summed E-state index contributed by atoms with van der Waals surface area (Å²) >= 11 is 0. The maximum absolute atomic E-state index is 14.7. The maximum Gasteiger partial charge on any atom is 0.363 e. The second kappa shape index (κ2) is 41.6. The highest BCUT2D eigenvalue weighted by molar-refractivity contribution is 6.34. The Labute approximate surface area is 785 Å². The smallest absolute Gasteiger partial charge is 0.363 e. The first-order valence-electron chi connectivity index (χ1n) is 51.3. The normalized spacial score (nSPS) is 14.1. The van der Waals surface area contributed by atoms with Crippen molar-refractivity contribution >= 4 is 125 Å². The predicted molar refractivity (Wildman–Crippen MR) is 562 cm³/mol. The van der Waals surface area contributed by atoms with Gasteiger partial charge in [-0.05, 0) is 273 Å². The van der Waals surface area contributed by atoms with Crippen LogP contribution in [0.25, 0.3) is 119 Å². The second-order valence-electron chi connectivity index (χ2n) is 38.9. The van der Waals surface area contributed by atoms with E-state index in [2.05, 4.69) is 297 Å². The summed E-state index contributed by atoms with van der Waals surface area (Å²) < 4.78 is 28.3. The quantitative estimate of drug-likeness (QED) is 0.0161. The zero-order valence-electron chi connectivity index (χ0n) is 81.2. The Bertz CT molecular complexity index is 6330. The molecule has 0 amide bonds. The summed E-state index contributed by atoms with van der Waals surface area (Å²) in [4.78, 5) is 24.5. The number of rotatable bonds is 43. The molecular weight excluding hydrogens is 1610 g/mol. The molecule has 2 aliphatic rings. The molecule has 0 radical (unpaired) electrons. The Morgan fingerprint density at radius 3 is 1.08 bits per heavy atom. The van der Waals surface area contributed by atoms with E-state index >= 15 is 0 Å². The lowest BCUT2D eigenvalue weighted by molar-refractivity contribution is 0.0453. The fourth-order valence-electron chi connectivity index (χ4n) is 23.3. The van der Waals surface area contributed by atoms with Crippen molar-refractivity contribution in [1.82, 2.24) is 9.80 Å². The van der Waals surface area contributed by atoms with Crippen LogP contribution in [0.15, 0.2) is 217 Å². The fraction of sp³-hybridized carbons (Fsp3) is 0.398. The van der Waals surface area contributed by atoms with Crippen LogP contribution in [0.1, 0.15) is 257 Å². The minimum atomic E-state index is -0.329. The van der Waals surface area contributed by atoms with Crippen LogP contribution >= 0.6 is 0 Å². The molecule has 0 saturated heterocycles. The van der Waals surface area contributed by atoms with E-state index in [0.717, 1.165) is 134 Å². The van der Waals surface area contributed by atoms with E-state index in [-0.39, 0.29) is 12.6 Å². The number of carbonyl (C=O) groups is 1. The van der Waals surface area contributed by atoms with Crippen molar-refractivity contribution in [2.24, 2.45) is 23.7 Å². The topological polar surface area (TPSA) is 69.0 Å².